The molecule has 0 N–H and O–H groups in total. The summed E-state index contributed by atoms with van der Waals surface area (Å²) in [6.07, 6.45) is 3.26. The van der Waals surface area contributed by atoms with E-state index in [2.05, 4.69) is 54.5 Å². The van der Waals surface area contributed by atoms with Crippen LogP contribution in [0.15, 0.2) is 60.7 Å². The summed E-state index contributed by atoms with van der Waals surface area (Å²) in [4.78, 5) is 15.1. The number of carbonyl (C=O) groups excluding carboxylic acids is 1. The minimum absolute atomic E-state index is 0.151. The van der Waals surface area contributed by atoms with E-state index in [1.807, 2.05) is 34.7 Å². The lowest BCUT2D eigenvalue weighted by molar-refractivity contribution is 0.0690. The number of likely N-dealkylation sites (tertiary alicyclic amines) is 1. The number of hydrogen-bond donors (Lipinski definition) is 0. The van der Waals surface area contributed by atoms with Gasteiger partial charge in [0.1, 0.15) is 0 Å². The van der Waals surface area contributed by atoms with Gasteiger partial charge >= 0.3 is 0 Å². The van der Waals surface area contributed by atoms with Gasteiger partial charge in [-0.2, -0.15) is 5.10 Å². The summed E-state index contributed by atoms with van der Waals surface area (Å²) >= 11 is 0. The van der Waals surface area contributed by atoms with E-state index >= 15 is 0 Å². The molecule has 0 unspecified atom stereocenters. The zero-order valence-electron chi connectivity index (χ0n) is 17.3. The SMILES string of the molecule is Cc1cc(C)n(Cc2cccc(C(=O)N3CCC(Cc4ccccc4)CC3)c2)n1. The van der Waals surface area contributed by atoms with Gasteiger partial charge in [-0.15, -0.1) is 0 Å². The molecule has 0 aliphatic carbocycles. The van der Waals surface area contributed by atoms with Gasteiger partial charge in [-0.05, 0) is 68.4 Å². The smallest absolute Gasteiger partial charge is 0.253 e. The molecule has 2 heterocycles. The molecule has 0 atom stereocenters. The van der Waals surface area contributed by atoms with E-state index < -0.39 is 0 Å². The molecule has 0 spiro atoms. The molecule has 3 aromatic rings. The fraction of sp³-hybridized carbons (Fsp3) is 0.360. The van der Waals surface area contributed by atoms with Crippen molar-refractivity contribution in [1.82, 2.24) is 14.7 Å². The first-order valence-corrected chi connectivity index (χ1v) is 10.5. The summed E-state index contributed by atoms with van der Waals surface area (Å²) in [7, 11) is 0. The Bertz CT molecular complexity index is 969. The third-order valence-electron chi connectivity index (χ3n) is 5.88. The number of nitrogens with zero attached hydrogens (tertiary/aromatic N) is 3. The topological polar surface area (TPSA) is 38.1 Å². The Morgan fingerprint density at radius 3 is 2.38 bits per heavy atom. The van der Waals surface area contributed by atoms with Crippen LogP contribution in [0.2, 0.25) is 0 Å². The van der Waals surface area contributed by atoms with E-state index in [0.717, 1.165) is 54.9 Å². The van der Waals surface area contributed by atoms with Crippen LogP contribution in [0.3, 0.4) is 0 Å². The van der Waals surface area contributed by atoms with Crippen LogP contribution in [0.4, 0.5) is 0 Å². The second-order valence-corrected chi connectivity index (χ2v) is 8.21. The van der Waals surface area contributed by atoms with Gasteiger partial charge < -0.3 is 4.90 Å². The number of hydrogen-bond acceptors (Lipinski definition) is 2. The van der Waals surface area contributed by atoms with Crippen molar-refractivity contribution in [2.75, 3.05) is 13.1 Å². The Hall–Kier alpha value is -2.88. The summed E-state index contributed by atoms with van der Waals surface area (Å²) in [5.41, 5.74) is 5.45. The van der Waals surface area contributed by atoms with Crippen LogP contribution in [0, 0.1) is 19.8 Å². The quantitative estimate of drug-likeness (QED) is 0.639. The molecule has 0 bridgehead atoms. The summed E-state index contributed by atoms with van der Waals surface area (Å²) in [5, 5.41) is 4.53. The van der Waals surface area contributed by atoms with E-state index in [-0.39, 0.29) is 5.91 Å². The molecule has 1 amide bonds. The predicted molar refractivity (Wildman–Crippen MR) is 116 cm³/mol. The van der Waals surface area contributed by atoms with Crippen molar-refractivity contribution in [3.05, 3.63) is 88.7 Å². The molecule has 4 nitrogen and oxygen atoms in total. The molecule has 1 saturated heterocycles. The van der Waals surface area contributed by atoms with Crippen molar-refractivity contribution in [2.24, 2.45) is 5.92 Å². The summed E-state index contributed by atoms with van der Waals surface area (Å²) < 4.78 is 1.99. The third-order valence-corrected chi connectivity index (χ3v) is 5.88. The molecule has 1 aliphatic heterocycles. The lowest BCUT2D eigenvalue weighted by Crippen LogP contribution is -2.39. The number of piperidine rings is 1. The molecule has 29 heavy (non-hydrogen) atoms. The number of amides is 1. The normalized spacial score (nSPS) is 14.9. The first-order valence-electron chi connectivity index (χ1n) is 10.5. The molecule has 150 valence electrons. The van der Waals surface area contributed by atoms with Crippen LogP contribution in [-0.4, -0.2) is 33.7 Å². The van der Waals surface area contributed by atoms with Gasteiger partial charge in [0.25, 0.3) is 5.91 Å². The number of aromatic nitrogens is 2. The maximum Gasteiger partial charge on any atom is 0.253 e. The van der Waals surface area contributed by atoms with E-state index in [0.29, 0.717) is 12.5 Å². The van der Waals surface area contributed by atoms with Crippen LogP contribution < -0.4 is 0 Å². The lowest BCUT2D eigenvalue weighted by Gasteiger charge is -2.32. The Morgan fingerprint density at radius 1 is 0.966 bits per heavy atom. The number of carbonyl (C=O) groups is 1. The Balaban J connectivity index is 1.37. The maximum absolute atomic E-state index is 13.0. The minimum Gasteiger partial charge on any atom is -0.339 e. The van der Waals surface area contributed by atoms with Gasteiger partial charge in [0, 0.05) is 24.3 Å². The Kier molecular flexibility index (Phi) is 5.79. The van der Waals surface area contributed by atoms with E-state index in [1.165, 1.54) is 5.56 Å². The lowest BCUT2D eigenvalue weighted by atomic mass is 9.90. The molecular weight excluding hydrogens is 358 g/mol. The highest BCUT2D eigenvalue weighted by Crippen LogP contribution is 2.23. The van der Waals surface area contributed by atoms with E-state index in [4.69, 9.17) is 0 Å². The van der Waals surface area contributed by atoms with Gasteiger partial charge in [-0.3, -0.25) is 9.48 Å². The third kappa shape index (κ3) is 4.76. The molecule has 4 heteroatoms. The summed E-state index contributed by atoms with van der Waals surface area (Å²) in [6, 6.07) is 20.8. The van der Waals surface area contributed by atoms with Gasteiger partial charge in [0.2, 0.25) is 0 Å². The Morgan fingerprint density at radius 2 is 1.69 bits per heavy atom. The van der Waals surface area contributed by atoms with Crippen molar-refractivity contribution in [1.29, 1.82) is 0 Å². The van der Waals surface area contributed by atoms with Crippen LogP contribution in [0.25, 0.3) is 0 Å². The van der Waals surface area contributed by atoms with Crippen molar-refractivity contribution in [3.8, 4) is 0 Å². The summed E-state index contributed by atoms with van der Waals surface area (Å²) in [5.74, 6) is 0.817. The van der Waals surface area contributed by atoms with Crippen molar-refractivity contribution >= 4 is 5.91 Å². The highest BCUT2D eigenvalue weighted by atomic mass is 16.2. The Labute approximate surface area is 173 Å². The predicted octanol–water partition coefficient (Wildman–Crippen LogP) is 4.64. The molecule has 1 fully saturated rings. The first-order chi connectivity index (χ1) is 14.1. The molecule has 2 aromatic carbocycles. The standard InChI is InChI=1S/C25H29N3O/c1-19-15-20(2)28(26-19)18-23-9-6-10-24(17-23)25(29)27-13-11-22(12-14-27)16-21-7-4-3-5-8-21/h3-10,15,17,22H,11-14,16,18H2,1-2H3. The van der Waals surface area contributed by atoms with E-state index in [1.54, 1.807) is 0 Å². The van der Waals surface area contributed by atoms with Crippen molar-refractivity contribution < 1.29 is 4.79 Å². The van der Waals surface area contributed by atoms with Crippen LogP contribution in [0.1, 0.15) is 45.7 Å². The van der Waals surface area contributed by atoms with E-state index in [9.17, 15) is 4.79 Å². The number of rotatable bonds is 5. The van der Waals surface area contributed by atoms with Crippen LogP contribution >= 0.6 is 0 Å². The highest BCUT2D eigenvalue weighted by Gasteiger charge is 2.24. The first kappa shape index (κ1) is 19.4. The molecule has 4 rings (SSSR count). The van der Waals surface area contributed by atoms with Gasteiger partial charge in [-0.25, -0.2) is 0 Å². The fourth-order valence-electron chi connectivity index (χ4n) is 4.28. The molecule has 1 aliphatic rings. The number of benzene rings is 2. The minimum atomic E-state index is 0.151. The molecule has 1 aromatic heterocycles. The van der Waals surface area contributed by atoms with Gasteiger partial charge in [0.15, 0.2) is 0 Å². The monoisotopic (exact) mass is 387 g/mol. The van der Waals surface area contributed by atoms with Crippen molar-refractivity contribution in [3.63, 3.8) is 0 Å². The second-order valence-electron chi connectivity index (χ2n) is 8.21. The zero-order valence-corrected chi connectivity index (χ0v) is 17.3. The van der Waals surface area contributed by atoms with Gasteiger partial charge in [-0.1, -0.05) is 42.5 Å². The highest BCUT2D eigenvalue weighted by molar-refractivity contribution is 5.94. The molecule has 0 radical (unpaired) electrons. The van der Waals surface area contributed by atoms with Gasteiger partial charge in [0.05, 0.1) is 12.2 Å². The molecule has 0 saturated carbocycles. The largest absolute Gasteiger partial charge is 0.339 e. The van der Waals surface area contributed by atoms with Crippen LogP contribution in [-0.2, 0) is 13.0 Å². The van der Waals surface area contributed by atoms with Crippen LogP contribution in [0.5, 0.6) is 0 Å². The van der Waals surface area contributed by atoms with Crippen molar-refractivity contribution in [2.45, 2.75) is 39.7 Å². The average Bonchev–Trinajstić information content (AvgIpc) is 3.05. The molecular formula is C25H29N3O. The fourth-order valence-corrected chi connectivity index (χ4v) is 4.28. The zero-order chi connectivity index (χ0) is 20.2. The second kappa shape index (κ2) is 8.64. The summed E-state index contributed by atoms with van der Waals surface area (Å²) in [6.45, 7) is 6.45. The number of aryl methyl sites for hydroxylation is 2. The average molecular weight is 388 g/mol. The maximum atomic E-state index is 13.0.